The van der Waals surface area contributed by atoms with Gasteiger partial charge in [-0.15, -0.1) is 0 Å². The molecule has 0 radical (unpaired) electrons. The van der Waals surface area contributed by atoms with Gasteiger partial charge in [0.1, 0.15) is 17.8 Å². The smallest absolute Gasteiger partial charge is 0.270 e. The Balaban J connectivity index is 1.65. The molecule has 0 aliphatic heterocycles. The predicted octanol–water partition coefficient (Wildman–Crippen LogP) is 3.85. The summed E-state index contributed by atoms with van der Waals surface area (Å²) in [6, 6.07) is 10.2. The van der Waals surface area contributed by atoms with Crippen LogP contribution in [-0.4, -0.2) is 21.9 Å². The van der Waals surface area contributed by atoms with E-state index in [0.717, 1.165) is 24.9 Å². The molecule has 1 aromatic heterocycles. The van der Waals surface area contributed by atoms with Gasteiger partial charge in [-0.3, -0.25) is 4.79 Å². The number of hydrogen-bond acceptors (Lipinski definition) is 4. The molecule has 1 aliphatic carbocycles. The van der Waals surface area contributed by atoms with E-state index in [1.807, 2.05) is 12.1 Å². The standard InChI is InChI=1S/C19H24N4O/c1-2-14-8-10-16(11-9-14)22-18-12-17(20-13-21-18)19(24)23-15-6-4-3-5-7-15/h8-13,15H,2-7H2,1H3,(H,23,24)(H,20,21,22). The first-order chi connectivity index (χ1) is 11.7. The number of anilines is 2. The van der Waals surface area contributed by atoms with Crippen molar-refractivity contribution in [3.05, 3.63) is 47.9 Å². The third kappa shape index (κ3) is 4.31. The van der Waals surface area contributed by atoms with Crippen LogP contribution in [0.15, 0.2) is 36.7 Å². The Kier molecular flexibility index (Phi) is 5.41. The number of carbonyl (C=O) groups is 1. The maximum Gasteiger partial charge on any atom is 0.270 e. The summed E-state index contributed by atoms with van der Waals surface area (Å²) >= 11 is 0. The van der Waals surface area contributed by atoms with Gasteiger partial charge in [-0.1, -0.05) is 38.3 Å². The average Bonchev–Trinajstić information content (AvgIpc) is 2.63. The van der Waals surface area contributed by atoms with E-state index in [0.29, 0.717) is 11.5 Å². The molecule has 1 heterocycles. The summed E-state index contributed by atoms with van der Waals surface area (Å²) in [5, 5.41) is 6.31. The molecule has 0 bridgehead atoms. The first-order valence-electron chi connectivity index (χ1n) is 8.73. The molecular weight excluding hydrogens is 300 g/mol. The number of nitrogens with zero attached hydrogens (tertiary/aromatic N) is 2. The number of rotatable bonds is 5. The number of aromatic nitrogens is 2. The Morgan fingerprint density at radius 2 is 1.88 bits per heavy atom. The molecule has 0 unspecified atom stereocenters. The van der Waals surface area contributed by atoms with Crippen LogP contribution in [0.3, 0.4) is 0 Å². The molecule has 24 heavy (non-hydrogen) atoms. The fraction of sp³-hybridized carbons (Fsp3) is 0.421. The van der Waals surface area contributed by atoms with Crippen molar-refractivity contribution < 1.29 is 4.79 Å². The maximum absolute atomic E-state index is 12.4. The second-order valence-corrected chi connectivity index (χ2v) is 6.27. The lowest BCUT2D eigenvalue weighted by molar-refractivity contribution is 0.0922. The van der Waals surface area contributed by atoms with Crippen molar-refractivity contribution in [2.75, 3.05) is 5.32 Å². The SMILES string of the molecule is CCc1ccc(Nc2cc(C(=O)NC3CCCCC3)ncn2)cc1. The molecule has 1 fully saturated rings. The number of amides is 1. The van der Waals surface area contributed by atoms with Crippen LogP contribution in [0.1, 0.15) is 55.1 Å². The van der Waals surface area contributed by atoms with Crippen LogP contribution in [0.25, 0.3) is 0 Å². The predicted molar refractivity (Wildman–Crippen MR) is 95.5 cm³/mol. The van der Waals surface area contributed by atoms with Crippen LogP contribution in [0.2, 0.25) is 0 Å². The van der Waals surface area contributed by atoms with Gasteiger partial charge >= 0.3 is 0 Å². The molecule has 0 spiro atoms. The Hall–Kier alpha value is -2.43. The monoisotopic (exact) mass is 324 g/mol. The lowest BCUT2D eigenvalue weighted by Gasteiger charge is -2.22. The van der Waals surface area contributed by atoms with Crippen LogP contribution in [-0.2, 0) is 6.42 Å². The number of carbonyl (C=O) groups excluding carboxylic acids is 1. The summed E-state index contributed by atoms with van der Waals surface area (Å²) in [5.41, 5.74) is 2.64. The summed E-state index contributed by atoms with van der Waals surface area (Å²) in [4.78, 5) is 20.7. The highest BCUT2D eigenvalue weighted by atomic mass is 16.1. The van der Waals surface area contributed by atoms with Gasteiger partial charge in [-0.25, -0.2) is 9.97 Å². The van der Waals surface area contributed by atoms with E-state index in [1.54, 1.807) is 6.07 Å². The van der Waals surface area contributed by atoms with Gasteiger partial charge < -0.3 is 10.6 Å². The van der Waals surface area contributed by atoms with E-state index in [4.69, 9.17) is 0 Å². The molecule has 2 aromatic rings. The molecule has 0 saturated heterocycles. The highest BCUT2D eigenvalue weighted by Crippen LogP contribution is 2.19. The summed E-state index contributed by atoms with van der Waals surface area (Å²) in [5.74, 6) is 0.511. The van der Waals surface area contributed by atoms with Gasteiger partial charge in [-0.05, 0) is 37.0 Å². The number of hydrogen-bond donors (Lipinski definition) is 2. The lowest BCUT2D eigenvalue weighted by Crippen LogP contribution is -2.36. The highest BCUT2D eigenvalue weighted by molar-refractivity contribution is 5.93. The molecule has 5 heteroatoms. The highest BCUT2D eigenvalue weighted by Gasteiger charge is 2.17. The molecule has 1 aromatic carbocycles. The molecule has 3 rings (SSSR count). The summed E-state index contributed by atoms with van der Waals surface area (Å²) in [6.07, 6.45) is 8.21. The Morgan fingerprint density at radius 3 is 2.58 bits per heavy atom. The van der Waals surface area contributed by atoms with E-state index in [1.165, 1.54) is 31.2 Å². The van der Waals surface area contributed by atoms with Crippen LogP contribution in [0.5, 0.6) is 0 Å². The van der Waals surface area contributed by atoms with Crippen LogP contribution in [0.4, 0.5) is 11.5 Å². The van der Waals surface area contributed by atoms with Crippen molar-refractivity contribution in [2.45, 2.75) is 51.5 Å². The van der Waals surface area contributed by atoms with Gasteiger partial charge in [0.25, 0.3) is 5.91 Å². The molecular formula is C19H24N4O. The fourth-order valence-corrected chi connectivity index (χ4v) is 3.03. The van der Waals surface area contributed by atoms with Crippen LogP contribution >= 0.6 is 0 Å². The second-order valence-electron chi connectivity index (χ2n) is 6.27. The summed E-state index contributed by atoms with van der Waals surface area (Å²) in [7, 11) is 0. The van der Waals surface area contributed by atoms with Crippen LogP contribution < -0.4 is 10.6 Å². The maximum atomic E-state index is 12.4. The molecule has 1 aliphatic rings. The number of nitrogens with one attached hydrogen (secondary N) is 2. The molecule has 1 amide bonds. The van der Waals surface area contributed by atoms with Crippen molar-refractivity contribution >= 4 is 17.4 Å². The molecule has 0 atom stereocenters. The molecule has 1 saturated carbocycles. The first-order valence-corrected chi connectivity index (χ1v) is 8.73. The van der Waals surface area contributed by atoms with Crippen molar-refractivity contribution in [3.8, 4) is 0 Å². The molecule has 2 N–H and O–H groups in total. The van der Waals surface area contributed by atoms with Gasteiger partial charge in [0.2, 0.25) is 0 Å². The van der Waals surface area contributed by atoms with Gasteiger partial charge in [-0.2, -0.15) is 0 Å². The lowest BCUT2D eigenvalue weighted by atomic mass is 9.95. The zero-order valence-electron chi connectivity index (χ0n) is 14.1. The van der Waals surface area contributed by atoms with Crippen molar-refractivity contribution in [1.82, 2.24) is 15.3 Å². The number of benzene rings is 1. The van der Waals surface area contributed by atoms with Gasteiger partial charge in [0.05, 0.1) is 0 Å². The van der Waals surface area contributed by atoms with E-state index in [-0.39, 0.29) is 11.9 Å². The topological polar surface area (TPSA) is 66.9 Å². The van der Waals surface area contributed by atoms with Crippen LogP contribution in [0, 0.1) is 0 Å². The Bertz CT molecular complexity index is 678. The normalized spacial score (nSPS) is 15.0. The van der Waals surface area contributed by atoms with E-state index in [2.05, 4.69) is 39.7 Å². The van der Waals surface area contributed by atoms with E-state index < -0.39 is 0 Å². The largest absolute Gasteiger partial charge is 0.348 e. The Labute approximate surface area is 142 Å². The third-order valence-corrected chi connectivity index (χ3v) is 4.47. The van der Waals surface area contributed by atoms with Crippen molar-refractivity contribution in [2.24, 2.45) is 0 Å². The number of aryl methyl sites for hydroxylation is 1. The minimum atomic E-state index is -0.117. The summed E-state index contributed by atoms with van der Waals surface area (Å²) in [6.45, 7) is 2.13. The van der Waals surface area contributed by atoms with Gasteiger partial charge in [0, 0.05) is 17.8 Å². The minimum absolute atomic E-state index is 0.117. The van der Waals surface area contributed by atoms with Crippen molar-refractivity contribution in [1.29, 1.82) is 0 Å². The Morgan fingerprint density at radius 1 is 1.12 bits per heavy atom. The van der Waals surface area contributed by atoms with E-state index >= 15 is 0 Å². The molecule has 5 nitrogen and oxygen atoms in total. The quantitative estimate of drug-likeness (QED) is 0.877. The van der Waals surface area contributed by atoms with Crippen molar-refractivity contribution in [3.63, 3.8) is 0 Å². The second kappa shape index (κ2) is 7.90. The zero-order valence-corrected chi connectivity index (χ0v) is 14.1. The van der Waals surface area contributed by atoms with E-state index in [9.17, 15) is 4.79 Å². The summed E-state index contributed by atoms with van der Waals surface area (Å²) < 4.78 is 0. The third-order valence-electron chi connectivity index (χ3n) is 4.47. The molecule has 126 valence electrons. The fourth-order valence-electron chi connectivity index (χ4n) is 3.03. The zero-order chi connectivity index (χ0) is 16.8. The van der Waals surface area contributed by atoms with Gasteiger partial charge in [0.15, 0.2) is 0 Å². The first kappa shape index (κ1) is 16.4. The minimum Gasteiger partial charge on any atom is -0.348 e. The average molecular weight is 324 g/mol.